The lowest BCUT2D eigenvalue weighted by Crippen LogP contribution is -2.47. The molecular formula is C13H18N2O2. The number of anilines is 1. The van der Waals surface area contributed by atoms with Gasteiger partial charge in [0.25, 0.3) is 0 Å². The molecule has 0 bridgehead atoms. The van der Waals surface area contributed by atoms with E-state index in [1.165, 1.54) is 0 Å². The van der Waals surface area contributed by atoms with Gasteiger partial charge in [0, 0.05) is 25.8 Å². The maximum absolute atomic E-state index is 12.2. The average Bonchev–Trinajstić information content (AvgIpc) is 2.38. The van der Waals surface area contributed by atoms with E-state index < -0.39 is 0 Å². The van der Waals surface area contributed by atoms with Crippen molar-refractivity contribution in [3.63, 3.8) is 0 Å². The Hall–Kier alpha value is -1.55. The van der Waals surface area contributed by atoms with Gasteiger partial charge in [0.1, 0.15) is 0 Å². The molecule has 92 valence electrons. The predicted molar refractivity (Wildman–Crippen MR) is 67.4 cm³/mol. The highest BCUT2D eigenvalue weighted by molar-refractivity contribution is 5.91. The van der Waals surface area contributed by atoms with Crippen molar-refractivity contribution in [1.29, 1.82) is 0 Å². The van der Waals surface area contributed by atoms with E-state index in [1.54, 1.807) is 4.90 Å². The van der Waals surface area contributed by atoms with Gasteiger partial charge in [-0.3, -0.25) is 4.90 Å². The Labute approximate surface area is 102 Å². The quantitative estimate of drug-likeness (QED) is 0.743. The molecule has 0 saturated carbocycles. The highest BCUT2D eigenvalue weighted by Gasteiger charge is 2.21. The molecule has 1 aromatic carbocycles. The van der Waals surface area contributed by atoms with Gasteiger partial charge in [-0.25, -0.2) is 4.79 Å². The van der Waals surface area contributed by atoms with Gasteiger partial charge >= 0.3 is 6.03 Å². The van der Waals surface area contributed by atoms with E-state index in [0.717, 1.165) is 11.3 Å². The molecule has 2 amide bonds. The third kappa shape index (κ3) is 2.77. The summed E-state index contributed by atoms with van der Waals surface area (Å²) in [6, 6.07) is 7.99. The zero-order chi connectivity index (χ0) is 12.3. The van der Waals surface area contributed by atoms with Gasteiger partial charge in [-0.2, -0.15) is 0 Å². The Morgan fingerprint density at radius 2 is 2.06 bits per heavy atom. The first-order valence-electron chi connectivity index (χ1n) is 5.85. The molecule has 0 N–H and O–H groups in total. The standard InChI is InChI=1S/C13H18N2O2/c1-11-4-3-5-12(10-11)14(2)13(16)15-6-8-17-9-7-15/h3-5,10H,6-9H2,1-2H3. The SMILES string of the molecule is Cc1cccc(N(C)C(=O)N2CCOCC2)c1. The van der Waals surface area contributed by atoms with E-state index in [4.69, 9.17) is 4.74 Å². The predicted octanol–water partition coefficient (Wildman–Crippen LogP) is 1.88. The summed E-state index contributed by atoms with van der Waals surface area (Å²) in [5.74, 6) is 0. The van der Waals surface area contributed by atoms with Gasteiger partial charge in [-0.15, -0.1) is 0 Å². The molecule has 17 heavy (non-hydrogen) atoms. The molecule has 1 heterocycles. The van der Waals surface area contributed by atoms with Crippen LogP contribution in [0.2, 0.25) is 0 Å². The molecule has 1 aliphatic heterocycles. The van der Waals surface area contributed by atoms with Gasteiger partial charge in [-0.1, -0.05) is 12.1 Å². The van der Waals surface area contributed by atoms with Crippen LogP contribution in [0.25, 0.3) is 0 Å². The molecule has 4 heteroatoms. The lowest BCUT2D eigenvalue weighted by molar-refractivity contribution is 0.0551. The topological polar surface area (TPSA) is 32.8 Å². The molecule has 0 atom stereocenters. The summed E-state index contributed by atoms with van der Waals surface area (Å²) in [5, 5.41) is 0. The summed E-state index contributed by atoms with van der Waals surface area (Å²) >= 11 is 0. The van der Waals surface area contributed by atoms with Crippen LogP contribution in [0.4, 0.5) is 10.5 Å². The second-order valence-electron chi connectivity index (χ2n) is 4.28. The molecule has 4 nitrogen and oxygen atoms in total. The van der Waals surface area contributed by atoms with E-state index in [-0.39, 0.29) is 6.03 Å². The fraction of sp³-hybridized carbons (Fsp3) is 0.462. The number of carbonyl (C=O) groups excluding carboxylic acids is 1. The Bertz CT molecular complexity index is 400. The number of hydrogen-bond donors (Lipinski definition) is 0. The average molecular weight is 234 g/mol. The van der Waals surface area contributed by atoms with Crippen molar-refractivity contribution in [1.82, 2.24) is 4.90 Å². The minimum atomic E-state index is 0.0406. The number of rotatable bonds is 1. The first-order chi connectivity index (χ1) is 8.18. The number of ether oxygens (including phenoxy) is 1. The molecule has 0 unspecified atom stereocenters. The maximum Gasteiger partial charge on any atom is 0.324 e. The minimum Gasteiger partial charge on any atom is -0.378 e. The summed E-state index contributed by atoms with van der Waals surface area (Å²) in [7, 11) is 1.81. The van der Waals surface area contributed by atoms with Crippen molar-refractivity contribution in [2.45, 2.75) is 6.92 Å². The molecule has 0 aliphatic carbocycles. The number of morpholine rings is 1. The molecule has 0 aromatic heterocycles. The summed E-state index contributed by atoms with van der Waals surface area (Å²) in [4.78, 5) is 15.7. The summed E-state index contributed by atoms with van der Waals surface area (Å²) in [5.41, 5.74) is 2.09. The molecule has 2 rings (SSSR count). The Morgan fingerprint density at radius 3 is 2.71 bits per heavy atom. The minimum absolute atomic E-state index is 0.0406. The molecule has 1 aliphatic rings. The highest BCUT2D eigenvalue weighted by atomic mass is 16.5. The fourth-order valence-electron chi connectivity index (χ4n) is 1.91. The van der Waals surface area contributed by atoms with Crippen molar-refractivity contribution in [2.75, 3.05) is 38.3 Å². The Morgan fingerprint density at radius 1 is 1.35 bits per heavy atom. The summed E-state index contributed by atoms with van der Waals surface area (Å²) in [6.45, 7) is 4.64. The number of urea groups is 1. The van der Waals surface area contributed by atoms with Gasteiger partial charge in [0.15, 0.2) is 0 Å². The molecule has 1 fully saturated rings. The lowest BCUT2D eigenvalue weighted by atomic mass is 10.2. The van der Waals surface area contributed by atoms with Crippen LogP contribution in [0.3, 0.4) is 0 Å². The first kappa shape index (κ1) is 11.9. The number of benzene rings is 1. The maximum atomic E-state index is 12.2. The normalized spacial score (nSPS) is 15.8. The molecule has 1 aromatic rings. The molecule has 1 saturated heterocycles. The monoisotopic (exact) mass is 234 g/mol. The van der Waals surface area contributed by atoms with E-state index in [9.17, 15) is 4.79 Å². The Kier molecular flexibility index (Phi) is 3.64. The molecule has 0 spiro atoms. The smallest absolute Gasteiger partial charge is 0.324 e. The third-order valence-electron chi connectivity index (χ3n) is 2.96. The highest BCUT2D eigenvalue weighted by Crippen LogP contribution is 2.16. The zero-order valence-corrected chi connectivity index (χ0v) is 10.3. The van der Waals surface area contributed by atoms with Crippen LogP contribution in [0, 0.1) is 6.92 Å². The lowest BCUT2D eigenvalue weighted by Gasteiger charge is -2.31. The fourth-order valence-corrected chi connectivity index (χ4v) is 1.91. The van der Waals surface area contributed by atoms with Crippen LogP contribution in [-0.4, -0.2) is 44.3 Å². The van der Waals surface area contributed by atoms with Crippen molar-refractivity contribution in [3.05, 3.63) is 29.8 Å². The van der Waals surface area contributed by atoms with E-state index in [2.05, 4.69) is 0 Å². The van der Waals surface area contributed by atoms with Gasteiger partial charge < -0.3 is 9.64 Å². The third-order valence-corrected chi connectivity index (χ3v) is 2.96. The number of carbonyl (C=O) groups is 1. The molecular weight excluding hydrogens is 216 g/mol. The van der Waals surface area contributed by atoms with Crippen molar-refractivity contribution < 1.29 is 9.53 Å². The number of nitrogens with zero attached hydrogens (tertiary/aromatic N) is 2. The van der Waals surface area contributed by atoms with E-state index in [1.807, 2.05) is 43.1 Å². The van der Waals surface area contributed by atoms with E-state index in [0.29, 0.717) is 26.3 Å². The zero-order valence-electron chi connectivity index (χ0n) is 10.3. The number of hydrogen-bond acceptors (Lipinski definition) is 2. The summed E-state index contributed by atoms with van der Waals surface area (Å²) < 4.78 is 5.24. The largest absolute Gasteiger partial charge is 0.378 e. The van der Waals surface area contributed by atoms with Gasteiger partial charge in [-0.05, 0) is 24.6 Å². The Balaban J connectivity index is 2.08. The second kappa shape index (κ2) is 5.19. The van der Waals surface area contributed by atoms with E-state index >= 15 is 0 Å². The number of aryl methyl sites for hydroxylation is 1. The van der Waals surface area contributed by atoms with Crippen LogP contribution in [0.1, 0.15) is 5.56 Å². The second-order valence-corrected chi connectivity index (χ2v) is 4.28. The van der Waals surface area contributed by atoms with Gasteiger partial charge in [0.2, 0.25) is 0 Å². The van der Waals surface area contributed by atoms with Crippen LogP contribution in [-0.2, 0) is 4.74 Å². The van der Waals surface area contributed by atoms with Crippen molar-refractivity contribution in [3.8, 4) is 0 Å². The van der Waals surface area contributed by atoms with Gasteiger partial charge in [0.05, 0.1) is 13.2 Å². The van der Waals surface area contributed by atoms with Crippen molar-refractivity contribution in [2.24, 2.45) is 0 Å². The van der Waals surface area contributed by atoms with Crippen molar-refractivity contribution >= 4 is 11.7 Å². The van der Waals surface area contributed by atoms with Crippen LogP contribution >= 0.6 is 0 Å². The first-order valence-corrected chi connectivity index (χ1v) is 5.85. The summed E-state index contributed by atoms with van der Waals surface area (Å²) in [6.07, 6.45) is 0. The van der Waals surface area contributed by atoms with Crippen LogP contribution in [0.5, 0.6) is 0 Å². The van der Waals surface area contributed by atoms with Crippen LogP contribution < -0.4 is 4.90 Å². The number of amides is 2. The molecule has 0 radical (unpaired) electrons. The van der Waals surface area contributed by atoms with Crippen LogP contribution in [0.15, 0.2) is 24.3 Å².